The predicted molar refractivity (Wildman–Crippen MR) is 60.3 cm³/mol. The van der Waals surface area contributed by atoms with Gasteiger partial charge < -0.3 is 4.90 Å². The van der Waals surface area contributed by atoms with E-state index in [1.807, 2.05) is 11.3 Å². The Bertz CT molecular complexity index is 242. The fraction of sp³-hybridized carbons (Fsp3) is 0.636. The Hall–Kier alpha value is -0.340. The van der Waals surface area contributed by atoms with Gasteiger partial charge in [-0.1, -0.05) is 13.8 Å². The second-order valence-corrected chi connectivity index (χ2v) is 4.46. The minimum Gasteiger partial charge on any atom is -0.301 e. The third-order valence-corrected chi connectivity index (χ3v) is 3.19. The molecule has 0 saturated carbocycles. The standard InChI is InChI=1S/C11H19NS/c1-4-7-12(3)9-11-10(5-2)6-8-13-11/h6,8H,4-5,7,9H2,1-3H3. The van der Waals surface area contributed by atoms with Crippen molar-refractivity contribution in [2.24, 2.45) is 0 Å². The molecular formula is C11H19NS. The molecule has 0 spiro atoms. The van der Waals surface area contributed by atoms with E-state index >= 15 is 0 Å². The van der Waals surface area contributed by atoms with Crippen LogP contribution in [-0.4, -0.2) is 18.5 Å². The summed E-state index contributed by atoms with van der Waals surface area (Å²) < 4.78 is 0. The molecular weight excluding hydrogens is 178 g/mol. The average molecular weight is 197 g/mol. The first-order chi connectivity index (χ1) is 6.27. The van der Waals surface area contributed by atoms with Crippen LogP contribution >= 0.6 is 11.3 Å². The molecule has 0 unspecified atom stereocenters. The molecule has 0 bridgehead atoms. The minimum atomic E-state index is 1.12. The first kappa shape index (κ1) is 10.7. The molecule has 1 aromatic heterocycles. The summed E-state index contributed by atoms with van der Waals surface area (Å²) in [6.45, 7) is 6.77. The highest BCUT2D eigenvalue weighted by Gasteiger charge is 2.04. The van der Waals surface area contributed by atoms with E-state index < -0.39 is 0 Å². The Labute approximate surface area is 85.4 Å². The molecule has 13 heavy (non-hydrogen) atoms. The van der Waals surface area contributed by atoms with Gasteiger partial charge in [0, 0.05) is 11.4 Å². The topological polar surface area (TPSA) is 3.24 Å². The van der Waals surface area contributed by atoms with Crippen LogP contribution in [0.3, 0.4) is 0 Å². The lowest BCUT2D eigenvalue weighted by atomic mass is 10.2. The van der Waals surface area contributed by atoms with E-state index in [1.54, 1.807) is 4.88 Å². The number of hydrogen-bond acceptors (Lipinski definition) is 2. The highest BCUT2D eigenvalue weighted by molar-refractivity contribution is 7.10. The Morgan fingerprint density at radius 3 is 2.77 bits per heavy atom. The Balaban J connectivity index is 2.52. The molecule has 0 fully saturated rings. The van der Waals surface area contributed by atoms with Gasteiger partial charge in [0.15, 0.2) is 0 Å². The first-order valence-electron chi connectivity index (χ1n) is 5.01. The van der Waals surface area contributed by atoms with Crippen LogP contribution in [0.15, 0.2) is 11.4 Å². The summed E-state index contributed by atoms with van der Waals surface area (Å²) in [4.78, 5) is 3.93. The van der Waals surface area contributed by atoms with Crippen LogP contribution in [0.2, 0.25) is 0 Å². The summed E-state index contributed by atoms with van der Waals surface area (Å²) in [5.74, 6) is 0. The highest BCUT2D eigenvalue weighted by Crippen LogP contribution is 2.18. The lowest BCUT2D eigenvalue weighted by Crippen LogP contribution is -2.18. The zero-order valence-corrected chi connectivity index (χ0v) is 9.66. The molecule has 0 radical (unpaired) electrons. The quantitative estimate of drug-likeness (QED) is 0.701. The zero-order valence-electron chi connectivity index (χ0n) is 8.84. The first-order valence-corrected chi connectivity index (χ1v) is 5.89. The van der Waals surface area contributed by atoms with E-state index in [1.165, 1.54) is 24.9 Å². The van der Waals surface area contributed by atoms with Gasteiger partial charge in [-0.15, -0.1) is 11.3 Å². The maximum Gasteiger partial charge on any atom is 0.0327 e. The molecule has 0 saturated heterocycles. The zero-order chi connectivity index (χ0) is 9.68. The van der Waals surface area contributed by atoms with Crippen molar-refractivity contribution in [1.29, 1.82) is 0 Å². The monoisotopic (exact) mass is 197 g/mol. The van der Waals surface area contributed by atoms with Crippen molar-refractivity contribution in [2.75, 3.05) is 13.6 Å². The highest BCUT2D eigenvalue weighted by atomic mass is 32.1. The van der Waals surface area contributed by atoms with E-state index in [-0.39, 0.29) is 0 Å². The molecule has 1 heterocycles. The number of nitrogens with zero attached hydrogens (tertiary/aromatic N) is 1. The maximum atomic E-state index is 2.39. The van der Waals surface area contributed by atoms with Crippen LogP contribution in [-0.2, 0) is 13.0 Å². The van der Waals surface area contributed by atoms with Crippen LogP contribution in [0, 0.1) is 0 Å². The van der Waals surface area contributed by atoms with Gasteiger partial charge in [-0.05, 0) is 43.4 Å². The third kappa shape index (κ3) is 3.12. The molecule has 1 nitrogen and oxygen atoms in total. The second-order valence-electron chi connectivity index (χ2n) is 3.46. The normalized spacial score (nSPS) is 11.1. The summed E-state index contributed by atoms with van der Waals surface area (Å²) >= 11 is 1.89. The van der Waals surface area contributed by atoms with Gasteiger partial charge >= 0.3 is 0 Å². The lowest BCUT2D eigenvalue weighted by molar-refractivity contribution is 0.329. The Kier molecular flexibility index (Phi) is 4.46. The van der Waals surface area contributed by atoms with E-state index in [9.17, 15) is 0 Å². The van der Waals surface area contributed by atoms with Gasteiger partial charge in [0.05, 0.1) is 0 Å². The predicted octanol–water partition coefficient (Wildman–Crippen LogP) is 3.15. The van der Waals surface area contributed by atoms with Crippen molar-refractivity contribution >= 4 is 11.3 Å². The van der Waals surface area contributed by atoms with Crippen LogP contribution < -0.4 is 0 Å². The summed E-state index contributed by atoms with van der Waals surface area (Å²) in [5.41, 5.74) is 1.52. The molecule has 74 valence electrons. The van der Waals surface area contributed by atoms with Crippen LogP contribution in [0.4, 0.5) is 0 Å². The van der Waals surface area contributed by atoms with Crippen LogP contribution in [0.1, 0.15) is 30.7 Å². The van der Waals surface area contributed by atoms with Gasteiger partial charge in [0.25, 0.3) is 0 Å². The van der Waals surface area contributed by atoms with Crippen molar-refractivity contribution in [2.45, 2.75) is 33.2 Å². The van der Waals surface area contributed by atoms with Crippen molar-refractivity contribution in [1.82, 2.24) is 4.90 Å². The molecule has 0 aromatic carbocycles. The minimum absolute atomic E-state index is 1.12. The van der Waals surface area contributed by atoms with Crippen molar-refractivity contribution < 1.29 is 0 Å². The molecule has 1 rings (SSSR count). The molecule has 0 aliphatic heterocycles. The number of rotatable bonds is 5. The molecule has 2 heteroatoms. The van der Waals surface area contributed by atoms with E-state index in [0.717, 1.165) is 6.54 Å². The smallest absolute Gasteiger partial charge is 0.0327 e. The molecule has 0 atom stereocenters. The second kappa shape index (κ2) is 5.40. The van der Waals surface area contributed by atoms with Gasteiger partial charge in [-0.2, -0.15) is 0 Å². The van der Waals surface area contributed by atoms with Crippen molar-refractivity contribution in [3.05, 3.63) is 21.9 Å². The van der Waals surface area contributed by atoms with Gasteiger partial charge in [0.2, 0.25) is 0 Å². The van der Waals surface area contributed by atoms with E-state index in [4.69, 9.17) is 0 Å². The van der Waals surface area contributed by atoms with Gasteiger partial charge in [-0.25, -0.2) is 0 Å². The molecule has 0 N–H and O–H groups in total. The molecule has 0 aliphatic carbocycles. The fourth-order valence-corrected chi connectivity index (χ4v) is 2.58. The van der Waals surface area contributed by atoms with Crippen molar-refractivity contribution in [3.63, 3.8) is 0 Å². The largest absolute Gasteiger partial charge is 0.301 e. The molecule has 1 aromatic rings. The fourth-order valence-electron chi connectivity index (χ4n) is 1.53. The molecule has 0 aliphatic rings. The van der Waals surface area contributed by atoms with Crippen molar-refractivity contribution in [3.8, 4) is 0 Å². The van der Waals surface area contributed by atoms with E-state index in [2.05, 4.69) is 37.2 Å². The van der Waals surface area contributed by atoms with Gasteiger partial charge in [0.1, 0.15) is 0 Å². The molecule has 0 amide bonds. The summed E-state index contributed by atoms with van der Waals surface area (Å²) in [5, 5.41) is 2.20. The van der Waals surface area contributed by atoms with Gasteiger partial charge in [-0.3, -0.25) is 0 Å². The lowest BCUT2D eigenvalue weighted by Gasteiger charge is -2.14. The summed E-state index contributed by atoms with van der Waals surface area (Å²) in [6, 6.07) is 2.25. The Morgan fingerprint density at radius 1 is 1.38 bits per heavy atom. The summed E-state index contributed by atoms with van der Waals surface area (Å²) in [6.07, 6.45) is 2.40. The Morgan fingerprint density at radius 2 is 2.15 bits per heavy atom. The number of aryl methyl sites for hydroxylation is 1. The number of thiophene rings is 1. The maximum absolute atomic E-state index is 2.39. The van der Waals surface area contributed by atoms with Crippen LogP contribution in [0.5, 0.6) is 0 Å². The SMILES string of the molecule is CCCN(C)Cc1sccc1CC. The third-order valence-electron chi connectivity index (χ3n) is 2.24. The van der Waals surface area contributed by atoms with Crippen LogP contribution in [0.25, 0.3) is 0 Å². The average Bonchev–Trinajstić information content (AvgIpc) is 2.52. The van der Waals surface area contributed by atoms with E-state index in [0.29, 0.717) is 0 Å². The number of hydrogen-bond donors (Lipinski definition) is 0. The summed E-state index contributed by atoms with van der Waals surface area (Å²) in [7, 11) is 2.20.